The van der Waals surface area contributed by atoms with E-state index in [0.717, 1.165) is 31.2 Å². The van der Waals surface area contributed by atoms with E-state index in [9.17, 15) is 13.6 Å². The van der Waals surface area contributed by atoms with Crippen LogP contribution in [0.25, 0.3) is 0 Å². The third kappa shape index (κ3) is 3.95. The molecule has 5 nitrogen and oxygen atoms in total. The van der Waals surface area contributed by atoms with Crippen LogP contribution >= 0.6 is 0 Å². The van der Waals surface area contributed by atoms with E-state index < -0.39 is 17.5 Å². The summed E-state index contributed by atoms with van der Waals surface area (Å²) in [6.07, 6.45) is 0.933. The Morgan fingerprint density at radius 3 is 2.67 bits per heavy atom. The van der Waals surface area contributed by atoms with Gasteiger partial charge in [-0.25, -0.2) is 8.78 Å². The van der Waals surface area contributed by atoms with Crippen LogP contribution in [0.4, 0.5) is 20.3 Å². The van der Waals surface area contributed by atoms with E-state index in [1.165, 1.54) is 6.07 Å². The zero-order chi connectivity index (χ0) is 15.2. The molecule has 0 radical (unpaired) electrons. The van der Waals surface area contributed by atoms with Crippen LogP contribution < -0.4 is 10.6 Å². The molecule has 7 heteroatoms. The molecule has 0 atom stereocenters. The lowest BCUT2D eigenvalue weighted by molar-refractivity contribution is 0.102. The second kappa shape index (κ2) is 6.74. The topological polar surface area (TPSA) is 66.9 Å². The lowest BCUT2D eigenvalue weighted by atomic mass is 10.2. The number of hydrogen-bond donors (Lipinski definition) is 2. The Labute approximate surface area is 120 Å². The smallest absolute Gasteiger partial charge is 0.276 e. The number of nitrogens with one attached hydrogen (secondary N) is 2. The molecule has 0 fully saturated rings. The van der Waals surface area contributed by atoms with Gasteiger partial charge in [-0.2, -0.15) is 0 Å². The van der Waals surface area contributed by atoms with Gasteiger partial charge in [-0.05, 0) is 30.7 Å². The summed E-state index contributed by atoms with van der Waals surface area (Å²) in [4.78, 5) is 11.9. The minimum Gasteiger partial charge on any atom is -0.369 e. The summed E-state index contributed by atoms with van der Waals surface area (Å²) in [5.41, 5.74) is -0.226. The van der Waals surface area contributed by atoms with Crippen molar-refractivity contribution in [3.8, 4) is 0 Å². The molecule has 0 bridgehead atoms. The Bertz CT molecular complexity index is 631. The van der Waals surface area contributed by atoms with E-state index in [1.807, 2.05) is 6.92 Å². The maximum Gasteiger partial charge on any atom is 0.276 e. The molecular formula is C14H14F2N4O. The third-order valence-electron chi connectivity index (χ3n) is 2.63. The Hall–Kier alpha value is -2.57. The second-order valence-electron chi connectivity index (χ2n) is 4.31. The standard InChI is InChI=1S/C14H14F2N4O/c1-2-7-17-13-6-5-11(19-20-13)14(21)18-12-8-9(15)3-4-10(12)16/h3-6,8H,2,7H2,1H3,(H,17,20)(H,18,21). The van der Waals surface area contributed by atoms with Crippen LogP contribution in [0.5, 0.6) is 0 Å². The van der Waals surface area contributed by atoms with Crippen LogP contribution in [0.2, 0.25) is 0 Å². The van der Waals surface area contributed by atoms with Crippen LogP contribution in [0, 0.1) is 11.6 Å². The maximum atomic E-state index is 13.4. The average molecular weight is 292 g/mol. The number of hydrogen-bond acceptors (Lipinski definition) is 4. The summed E-state index contributed by atoms with van der Waals surface area (Å²) in [7, 11) is 0. The van der Waals surface area contributed by atoms with Crippen molar-refractivity contribution in [2.45, 2.75) is 13.3 Å². The zero-order valence-corrected chi connectivity index (χ0v) is 11.4. The molecule has 2 rings (SSSR count). The van der Waals surface area contributed by atoms with Gasteiger partial charge < -0.3 is 10.6 Å². The van der Waals surface area contributed by atoms with Crippen molar-refractivity contribution >= 4 is 17.4 Å². The summed E-state index contributed by atoms with van der Waals surface area (Å²) < 4.78 is 26.4. The van der Waals surface area contributed by atoms with Gasteiger partial charge in [-0.3, -0.25) is 4.79 Å². The average Bonchev–Trinajstić information content (AvgIpc) is 2.49. The molecule has 0 saturated heterocycles. The van der Waals surface area contributed by atoms with E-state index in [0.29, 0.717) is 5.82 Å². The molecule has 0 saturated carbocycles. The molecule has 0 aliphatic rings. The number of nitrogens with zero attached hydrogens (tertiary/aromatic N) is 2. The predicted octanol–water partition coefficient (Wildman–Crippen LogP) is 2.83. The summed E-state index contributed by atoms with van der Waals surface area (Å²) in [5, 5.41) is 12.8. The van der Waals surface area contributed by atoms with Crippen molar-refractivity contribution in [2.75, 3.05) is 17.2 Å². The first-order valence-corrected chi connectivity index (χ1v) is 6.44. The van der Waals surface area contributed by atoms with Crippen molar-refractivity contribution in [3.05, 3.63) is 47.7 Å². The minimum atomic E-state index is -0.723. The van der Waals surface area contributed by atoms with Crippen molar-refractivity contribution in [2.24, 2.45) is 0 Å². The molecule has 1 aromatic heterocycles. The van der Waals surface area contributed by atoms with Crippen molar-refractivity contribution in [3.63, 3.8) is 0 Å². The highest BCUT2D eigenvalue weighted by Gasteiger charge is 2.12. The molecule has 2 N–H and O–H groups in total. The van der Waals surface area contributed by atoms with Gasteiger partial charge in [0.15, 0.2) is 5.69 Å². The second-order valence-corrected chi connectivity index (χ2v) is 4.31. The Morgan fingerprint density at radius 2 is 2.00 bits per heavy atom. The molecule has 110 valence electrons. The molecule has 0 unspecified atom stereocenters. The largest absolute Gasteiger partial charge is 0.369 e. The number of carbonyl (C=O) groups excluding carboxylic acids is 1. The molecule has 2 aromatic rings. The highest BCUT2D eigenvalue weighted by Crippen LogP contribution is 2.16. The van der Waals surface area contributed by atoms with Crippen molar-refractivity contribution in [1.82, 2.24) is 10.2 Å². The van der Waals surface area contributed by atoms with Gasteiger partial charge in [0, 0.05) is 12.6 Å². The van der Waals surface area contributed by atoms with E-state index in [-0.39, 0.29) is 11.4 Å². The number of aromatic nitrogens is 2. The Balaban J connectivity index is 2.07. The van der Waals surface area contributed by atoms with Crippen LogP contribution in [0.3, 0.4) is 0 Å². The number of anilines is 2. The van der Waals surface area contributed by atoms with Crippen LogP contribution in [-0.4, -0.2) is 22.6 Å². The van der Waals surface area contributed by atoms with Crippen LogP contribution in [-0.2, 0) is 0 Å². The first-order chi connectivity index (χ1) is 10.1. The van der Waals surface area contributed by atoms with Gasteiger partial charge in [-0.15, -0.1) is 10.2 Å². The highest BCUT2D eigenvalue weighted by molar-refractivity contribution is 6.02. The number of halogens is 2. The first-order valence-electron chi connectivity index (χ1n) is 6.44. The number of amides is 1. The van der Waals surface area contributed by atoms with Crippen LogP contribution in [0.15, 0.2) is 30.3 Å². The maximum absolute atomic E-state index is 13.4. The molecule has 0 aliphatic heterocycles. The van der Waals surface area contributed by atoms with Gasteiger partial charge in [0.1, 0.15) is 17.5 Å². The van der Waals surface area contributed by atoms with Gasteiger partial charge in [0.2, 0.25) is 0 Å². The fraction of sp³-hybridized carbons (Fsp3) is 0.214. The molecule has 1 amide bonds. The Kier molecular flexibility index (Phi) is 4.76. The number of carbonyl (C=O) groups is 1. The minimum absolute atomic E-state index is 0.0145. The fourth-order valence-electron chi connectivity index (χ4n) is 1.58. The normalized spacial score (nSPS) is 10.2. The van der Waals surface area contributed by atoms with Crippen LogP contribution in [0.1, 0.15) is 23.8 Å². The monoisotopic (exact) mass is 292 g/mol. The molecule has 0 spiro atoms. The summed E-state index contributed by atoms with van der Waals surface area (Å²) in [6, 6.07) is 5.86. The molecular weight excluding hydrogens is 278 g/mol. The van der Waals surface area contributed by atoms with Gasteiger partial charge >= 0.3 is 0 Å². The lowest BCUT2D eigenvalue weighted by Gasteiger charge is -2.06. The lowest BCUT2D eigenvalue weighted by Crippen LogP contribution is -2.16. The number of benzene rings is 1. The number of rotatable bonds is 5. The zero-order valence-electron chi connectivity index (χ0n) is 11.4. The summed E-state index contributed by atoms with van der Waals surface area (Å²) in [5.74, 6) is -1.48. The van der Waals surface area contributed by atoms with Gasteiger partial charge in [0.05, 0.1) is 5.69 Å². The fourth-order valence-corrected chi connectivity index (χ4v) is 1.58. The van der Waals surface area contributed by atoms with Gasteiger partial charge in [0.25, 0.3) is 5.91 Å². The summed E-state index contributed by atoms with van der Waals surface area (Å²) in [6.45, 7) is 2.75. The SMILES string of the molecule is CCCNc1ccc(C(=O)Nc2cc(F)ccc2F)nn1. The Morgan fingerprint density at radius 1 is 1.19 bits per heavy atom. The van der Waals surface area contributed by atoms with E-state index in [2.05, 4.69) is 20.8 Å². The van der Waals surface area contributed by atoms with Crippen molar-refractivity contribution < 1.29 is 13.6 Å². The quantitative estimate of drug-likeness (QED) is 0.889. The predicted molar refractivity (Wildman–Crippen MR) is 75.1 cm³/mol. The van der Waals surface area contributed by atoms with E-state index in [1.54, 1.807) is 6.07 Å². The molecule has 0 aliphatic carbocycles. The van der Waals surface area contributed by atoms with E-state index >= 15 is 0 Å². The molecule has 1 heterocycles. The molecule has 1 aromatic carbocycles. The van der Waals surface area contributed by atoms with Gasteiger partial charge in [-0.1, -0.05) is 6.92 Å². The van der Waals surface area contributed by atoms with E-state index in [4.69, 9.17) is 0 Å². The highest BCUT2D eigenvalue weighted by atomic mass is 19.1. The third-order valence-corrected chi connectivity index (χ3v) is 2.63. The molecule has 21 heavy (non-hydrogen) atoms. The first kappa shape index (κ1) is 14.8. The van der Waals surface area contributed by atoms with Crippen molar-refractivity contribution in [1.29, 1.82) is 0 Å². The summed E-state index contributed by atoms with van der Waals surface area (Å²) >= 11 is 0.